The van der Waals surface area contributed by atoms with Crippen LogP contribution in [0.25, 0.3) is 0 Å². The van der Waals surface area contributed by atoms with Crippen LogP contribution in [0.15, 0.2) is 11.8 Å². The molecular formula is C6H9NO3. The molecule has 0 saturated carbocycles. The van der Waals surface area contributed by atoms with Crippen LogP contribution in [-0.4, -0.2) is 18.1 Å². The average Bonchev–Trinajstić information content (AvgIpc) is 1.88. The summed E-state index contributed by atoms with van der Waals surface area (Å²) in [7, 11) is 0. The van der Waals surface area contributed by atoms with Gasteiger partial charge < -0.3 is 4.74 Å². The van der Waals surface area contributed by atoms with E-state index in [1.165, 1.54) is 6.26 Å². The molecule has 4 nitrogen and oxygen atoms in total. The Morgan fingerprint density at radius 3 is 3.10 bits per heavy atom. The summed E-state index contributed by atoms with van der Waals surface area (Å²) in [6.07, 6.45) is 3.22. The summed E-state index contributed by atoms with van der Waals surface area (Å²) in [5, 5.41) is 9.98. The molecule has 0 N–H and O–H groups in total. The summed E-state index contributed by atoms with van der Waals surface area (Å²) in [4.78, 5) is 9.64. The van der Waals surface area contributed by atoms with Crippen LogP contribution in [0.5, 0.6) is 0 Å². The Kier molecular flexibility index (Phi) is 2.25. The fourth-order valence-electron chi connectivity index (χ4n) is 0.900. The molecule has 10 heavy (non-hydrogen) atoms. The van der Waals surface area contributed by atoms with Gasteiger partial charge in [0.2, 0.25) is 6.54 Å². The minimum Gasteiger partial charge on any atom is -0.501 e. The molecule has 0 aliphatic carbocycles. The number of nitro groups is 1. The van der Waals surface area contributed by atoms with Gasteiger partial charge in [-0.1, -0.05) is 0 Å². The highest BCUT2D eigenvalue weighted by molar-refractivity contribution is 4.99. The predicted molar refractivity (Wildman–Crippen MR) is 35.1 cm³/mol. The molecule has 0 unspecified atom stereocenters. The molecule has 0 amide bonds. The molecule has 56 valence electrons. The molecule has 0 aromatic heterocycles. The first-order valence-electron chi connectivity index (χ1n) is 3.20. The van der Waals surface area contributed by atoms with Gasteiger partial charge in [0.15, 0.2) is 0 Å². The molecule has 0 spiro atoms. The third kappa shape index (κ3) is 2.05. The van der Waals surface area contributed by atoms with E-state index in [1.54, 1.807) is 0 Å². The largest absolute Gasteiger partial charge is 0.501 e. The molecule has 0 atom stereocenters. The van der Waals surface area contributed by atoms with Gasteiger partial charge in [-0.2, -0.15) is 0 Å². The van der Waals surface area contributed by atoms with Crippen LogP contribution < -0.4 is 0 Å². The van der Waals surface area contributed by atoms with Gasteiger partial charge in [-0.3, -0.25) is 10.1 Å². The summed E-state index contributed by atoms with van der Waals surface area (Å²) in [6, 6.07) is 0. The molecule has 0 aromatic carbocycles. The van der Waals surface area contributed by atoms with E-state index in [1.807, 2.05) is 0 Å². The van der Waals surface area contributed by atoms with Crippen LogP contribution in [0.4, 0.5) is 0 Å². The van der Waals surface area contributed by atoms with Crippen molar-refractivity contribution in [3.63, 3.8) is 0 Å². The lowest BCUT2D eigenvalue weighted by Gasteiger charge is -2.09. The van der Waals surface area contributed by atoms with Crippen LogP contribution in [0.3, 0.4) is 0 Å². The molecule has 1 rings (SSSR count). The second kappa shape index (κ2) is 3.20. The molecule has 1 heterocycles. The normalized spacial score (nSPS) is 17.4. The van der Waals surface area contributed by atoms with Crippen molar-refractivity contribution < 1.29 is 9.66 Å². The van der Waals surface area contributed by atoms with Crippen molar-refractivity contribution >= 4 is 0 Å². The Morgan fingerprint density at radius 1 is 1.80 bits per heavy atom. The maximum Gasteiger partial charge on any atom is 0.228 e. The maximum absolute atomic E-state index is 9.98. The highest BCUT2D eigenvalue weighted by Crippen LogP contribution is 2.10. The van der Waals surface area contributed by atoms with E-state index in [0.717, 1.165) is 18.4 Å². The first kappa shape index (κ1) is 7.05. The number of hydrogen-bond donors (Lipinski definition) is 0. The quantitative estimate of drug-likeness (QED) is 0.427. The van der Waals surface area contributed by atoms with E-state index in [2.05, 4.69) is 0 Å². The lowest BCUT2D eigenvalue weighted by molar-refractivity contribution is -0.471. The van der Waals surface area contributed by atoms with E-state index in [9.17, 15) is 10.1 Å². The molecule has 1 aliphatic rings. The van der Waals surface area contributed by atoms with Crippen LogP contribution in [-0.2, 0) is 4.74 Å². The Labute approximate surface area is 58.6 Å². The van der Waals surface area contributed by atoms with Crippen molar-refractivity contribution in [2.75, 3.05) is 13.2 Å². The van der Waals surface area contributed by atoms with Crippen molar-refractivity contribution in [3.8, 4) is 0 Å². The summed E-state index contributed by atoms with van der Waals surface area (Å²) >= 11 is 0. The monoisotopic (exact) mass is 143 g/mol. The van der Waals surface area contributed by atoms with Gasteiger partial charge in [-0.25, -0.2) is 0 Å². The molecule has 0 saturated heterocycles. The SMILES string of the molecule is O=[N+]([O-])CC1=COCCC1. The zero-order valence-corrected chi connectivity index (χ0v) is 5.58. The van der Waals surface area contributed by atoms with E-state index in [-0.39, 0.29) is 11.5 Å². The average molecular weight is 143 g/mol. The summed E-state index contributed by atoms with van der Waals surface area (Å²) in [5.74, 6) is 0. The van der Waals surface area contributed by atoms with E-state index < -0.39 is 0 Å². The highest BCUT2D eigenvalue weighted by Gasteiger charge is 2.08. The number of rotatable bonds is 2. The topological polar surface area (TPSA) is 52.4 Å². The van der Waals surface area contributed by atoms with E-state index in [4.69, 9.17) is 4.74 Å². The van der Waals surface area contributed by atoms with Crippen molar-refractivity contribution in [2.45, 2.75) is 12.8 Å². The first-order chi connectivity index (χ1) is 4.79. The fourth-order valence-corrected chi connectivity index (χ4v) is 0.900. The molecule has 0 aromatic rings. The standard InChI is InChI=1S/C6H9NO3/c8-7(9)4-6-2-1-3-10-5-6/h5H,1-4H2. The Bertz CT molecular complexity index is 164. The Hall–Kier alpha value is -1.06. The van der Waals surface area contributed by atoms with Crippen molar-refractivity contribution in [2.24, 2.45) is 0 Å². The lowest BCUT2D eigenvalue weighted by Crippen LogP contribution is -2.08. The van der Waals surface area contributed by atoms with Gasteiger partial charge in [0, 0.05) is 10.5 Å². The predicted octanol–water partition coefficient (Wildman–Crippen LogP) is 0.957. The molecule has 4 heteroatoms. The molecule has 0 fully saturated rings. The lowest BCUT2D eigenvalue weighted by atomic mass is 10.1. The Balaban J connectivity index is 2.38. The summed E-state index contributed by atoms with van der Waals surface area (Å²) in [6.45, 7) is 0.626. The van der Waals surface area contributed by atoms with Gasteiger partial charge in [0.1, 0.15) is 0 Å². The molecule has 0 radical (unpaired) electrons. The van der Waals surface area contributed by atoms with Crippen molar-refractivity contribution in [1.29, 1.82) is 0 Å². The molecule has 0 bridgehead atoms. The van der Waals surface area contributed by atoms with Gasteiger partial charge in [-0.05, 0) is 12.8 Å². The zero-order chi connectivity index (χ0) is 7.40. The molecule has 1 aliphatic heterocycles. The smallest absolute Gasteiger partial charge is 0.228 e. The van der Waals surface area contributed by atoms with Crippen molar-refractivity contribution in [3.05, 3.63) is 21.9 Å². The van der Waals surface area contributed by atoms with Crippen LogP contribution in [0.2, 0.25) is 0 Å². The second-order valence-electron chi connectivity index (χ2n) is 2.24. The first-order valence-corrected chi connectivity index (χ1v) is 3.20. The van der Waals surface area contributed by atoms with E-state index >= 15 is 0 Å². The second-order valence-corrected chi connectivity index (χ2v) is 2.24. The number of hydrogen-bond acceptors (Lipinski definition) is 3. The van der Waals surface area contributed by atoms with Crippen molar-refractivity contribution in [1.82, 2.24) is 0 Å². The van der Waals surface area contributed by atoms with Gasteiger partial charge >= 0.3 is 0 Å². The summed E-state index contributed by atoms with van der Waals surface area (Å²) in [5.41, 5.74) is 0.788. The van der Waals surface area contributed by atoms with Crippen LogP contribution >= 0.6 is 0 Å². The van der Waals surface area contributed by atoms with Gasteiger partial charge in [-0.15, -0.1) is 0 Å². The third-order valence-corrected chi connectivity index (χ3v) is 1.34. The number of nitrogens with zero attached hydrogens (tertiary/aromatic N) is 1. The third-order valence-electron chi connectivity index (χ3n) is 1.34. The minimum absolute atomic E-state index is 0.0694. The minimum atomic E-state index is -0.333. The fraction of sp³-hybridized carbons (Fsp3) is 0.667. The zero-order valence-electron chi connectivity index (χ0n) is 5.58. The van der Waals surface area contributed by atoms with E-state index in [0.29, 0.717) is 6.61 Å². The Morgan fingerprint density at radius 2 is 2.60 bits per heavy atom. The van der Waals surface area contributed by atoms with Gasteiger partial charge in [0.25, 0.3) is 0 Å². The van der Waals surface area contributed by atoms with Crippen LogP contribution in [0, 0.1) is 10.1 Å². The highest BCUT2D eigenvalue weighted by atomic mass is 16.6. The number of ether oxygens (including phenoxy) is 1. The maximum atomic E-state index is 9.98. The molecular weight excluding hydrogens is 134 g/mol. The van der Waals surface area contributed by atoms with Crippen LogP contribution in [0.1, 0.15) is 12.8 Å². The summed E-state index contributed by atoms with van der Waals surface area (Å²) < 4.78 is 4.92. The van der Waals surface area contributed by atoms with Gasteiger partial charge in [0.05, 0.1) is 12.9 Å².